The fourth-order valence-electron chi connectivity index (χ4n) is 2.34. The first-order valence-electron chi connectivity index (χ1n) is 9.75. The summed E-state index contributed by atoms with van der Waals surface area (Å²) in [7, 11) is 0. The molecule has 0 saturated heterocycles. The lowest BCUT2D eigenvalue weighted by Crippen LogP contribution is -2.19. The smallest absolute Gasteiger partial charge is 0.191 e. The van der Waals surface area contributed by atoms with Crippen molar-refractivity contribution in [2.75, 3.05) is 26.6 Å². The van der Waals surface area contributed by atoms with Gasteiger partial charge in [0.2, 0.25) is 0 Å². The van der Waals surface area contributed by atoms with E-state index in [4.69, 9.17) is 14.7 Å². The van der Waals surface area contributed by atoms with E-state index in [1.54, 1.807) is 12.1 Å². The van der Waals surface area contributed by atoms with Crippen molar-refractivity contribution in [2.45, 2.75) is 12.2 Å². The minimum Gasteiger partial charge on any atom is -0.411 e. The molecule has 0 aromatic heterocycles. The fourth-order valence-corrected chi connectivity index (χ4v) is 2.34. The van der Waals surface area contributed by atoms with Crippen LogP contribution in [0.15, 0.2) is 79.0 Å². The van der Waals surface area contributed by atoms with Gasteiger partial charge in [0, 0.05) is 5.56 Å². The van der Waals surface area contributed by atoms with Gasteiger partial charge in [0.15, 0.2) is 5.78 Å². The molecule has 2 atom stereocenters. The third-order valence-corrected chi connectivity index (χ3v) is 4.17. The number of alkyl halides is 2. The molecule has 2 aromatic carbocycles. The summed E-state index contributed by atoms with van der Waals surface area (Å²) in [5.41, 5.74) is 0.0734. The molecule has 1 N–H and O–H groups in total. The number of halogens is 4. The van der Waals surface area contributed by atoms with Gasteiger partial charge in [0.1, 0.15) is 49.5 Å². The number of Topliss-reactive ketones (excluding diaryl/α,β-unsaturated/α-hetero) is 1. The Bertz CT molecular complexity index is 936. The van der Waals surface area contributed by atoms with E-state index in [1.807, 2.05) is 0 Å². The molecule has 0 spiro atoms. The van der Waals surface area contributed by atoms with Crippen LogP contribution in [0.1, 0.15) is 15.9 Å². The SMILES string of the molecule is C=C[C@@H](CF)OCC(=NO)c1ccccc1F.C=C[C@@H](CF)OCC(=O)c1ccccc1F. The van der Waals surface area contributed by atoms with Crippen molar-refractivity contribution in [2.24, 2.45) is 5.16 Å². The summed E-state index contributed by atoms with van der Waals surface area (Å²) >= 11 is 0. The molecule has 0 saturated carbocycles. The zero-order chi connectivity index (χ0) is 24.6. The molecule has 0 fully saturated rings. The van der Waals surface area contributed by atoms with Gasteiger partial charge in [0.05, 0.1) is 12.2 Å². The van der Waals surface area contributed by atoms with Gasteiger partial charge in [-0.15, -0.1) is 13.2 Å². The quantitative estimate of drug-likeness (QED) is 0.118. The summed E-state index contributed by atoms with van der Waals surface area (Å²) in [6, 6.07) is 11.4. The second-order valence-corrected chi connectivity index (χ2v) is 6.41. The van der Waals surface area contributed by atoms with Crippen LogP contribution in [-0.4, -0.2) is 55.5 Å². The van der Waals surface area contributed by atoms with Gasteiger partial charge in [-0.3, -0.25) is 4.79 Å². The van der Waals surface area contributed by atoms with E-state index >= 15 is 0 Å². The maximum Gasteiger partial charge on any atom is 0.191 e. The molecule has 2 rings (SSSR count). The standard InChI is InChI=1S/C12H13F2NO2.C12H12F2O2/c1-2-9(7-13)17-8-12(15-16)10-5-3-4-6-11(10)14;1-2-9(7-13)16-8-12(15)10-5-3-4-6-11(10)14/h2-6,9,16H,1,7-8H2;2-6,9H,1,7-8H2/t2*9-/m00/s1. The highest BCUT2D eigenvalue weighted by atomic mass is 19.1. The fraction of sp³-hybridized carbons (Fsp3) is 0.250. The predicted molar refractivity (Wildman–Crippen MR) is 117 cm³/mol. The molecule has 33 heavy (non-hydrogen) atoms. The number of nitrogens with zero attached hydrogens (tertiary/aromatic N) is 1. The van der Waals surface area contributed by atoms with Crippen molar-refractivity contribution in [1.29, 1.82) is 0 Å². The number of ether oxygens (including phenoxy) is 2. The number of oxime groups is 1. The largest absolute Gasteiger partial charge is 0.411 e. The Hall–Kier alpha value is -3.30. The number of hydrogen-bond acceptors (Lipinski definition) is 5. The number of benzene rings is 2. The molecule has 0 aliphatic carbocycles. The molecule has 5 nitrogen and oxygen atoms in total. The van der Waals surface area contributed by atoms with Crippen LogP contribution in [0.4, 0.5) is 17.6 Å². The molecule has 0 unspecified atom stereocenters. The third kappa shape index (κ3) is 9.38. The highest BCUT2D eigenvalue weighted by molar-refractivity contribution is 6.01. The van der Waals surface area contributed by atoms with Gasteiger partial charge < -0.3 is 14.7 Å². The van der Waals surface area contributed by atoms with Gasteiger partial charge in [-0.1, -0.05) is 41.6 Å². The zero-order valence-electron chi connectivity index (χ0n) is 17.8. The Morgan fingerprint density at radius 1 is 0.879 bits per heavy atom. The lowest BCUT2D eigenvalue weighted by atomic mass is 10.1. The van der Waals surface area contributed by atoms with E-state index in [0.717, 1.165) is 0 Å². The Labute approximate surface area is 189 Å². The molecule has 0 aliphatic rings. The molecular formula is C24H25F4NO4. The highest BCUT2D eigenvalue weighted by Crippen LogP contribution is 2.10. The monoisotopic (exact) mass is 467 g/mol. The molecular weight excluding hydrogens is 442 g/mol. The maximum absolute atomic E-state index is 13.4. The highest BCUT2D eigenvalue weighted by Gasteiger charge is 2.14. The maximum atomic E-state index is 13.4. The topological polar surface area (TPSA) is 68.1 Å². The average molecular weight is 467 g/mol. The van der Waals surface area contributed by atoms with Gasteiger partial charge in [0.25, 0.3) is 0 Å². The van der Waals surface area contributed by atoms with E-state index < -0.39 is 43.0 Å². The Balaban J connectivity index is 0.000000331. The van der Waals surface area contributed by atoms with Gasteiger partial charge in [-0.25, -0.2) is 17.6 Å². The molecule has 178 valence electrons. The third-order valence-electron chi connectivity index (χ3n) is 4.17. The summed E-state index contributed by atoms with van der Waals surface area (Å²) < 4.78 is 61.0. The van der Waals surface area contributed by atoms with Crippen molar-refractivity contribution < 1.29 is 37.0 Å². The molecule has 0 amide bonds. The van der Waals surface area contributed by atoms with Crippen LogP contribution in [0.2, 0.25) is 0 Å². The predicted octanol–water partition coefficient (Wildman–Crippen LogP) is 5.09. The van der Waals surface area contributed by atoms with Crippen LogP contribution in [0.25, 0.3) is 0 Å². The number of rotatable bonds is 12. The first-order chi connectivity index (χ1) is 15.9. The normalized spacial score (nSPS) is 12.8. The number of carbonyl (C=O) groups excluding carboxylic acids is 1. The molecule has 2 aromatic rings. The first kappa shape index (κ1) is 27.7. The van der Waals surface area contributed by atoms with Crippen LogP contribution >= 0.6 is 0 Å². The molecule has 9 heteroatoms. The number of carbonyl (C=O) groups is 1. The minimum absolute atomic E-state index is 0.00315. The Morgan fingerprint density at radius 2 is 1.33 bits per heavy atom. The van der Waals surface area contributed by atoms with Crippen molar-refractivity contribution in [3.05, 3.63) is 96.6 Å². The summed E-state index contributed by atoms with van der Waals surface area (Å²) in [4.78, 5) is 11.5. The van der Waals surface area contributed by atoms with Crippen LogP contribution in [-0.2, 0) is 9.47 Å². The molecule has 0 radical (unpaired) electrons. The Kier molecular flexibility index (Phi) is 13.0. The van der Waals surface area contributed by atoms with Crippen LogP contribution in [0.5, 0.6) is 0 Å². The van der Waals surface area contributed by atoms with E-state index in [1.165, 1.54) is 48.6 Å². The second-order valence-electron chi connectivity index (χ2n) is 6.41. The van der Waals surface area contributed by atoms with Gasteiger partial charge in [-0.2, -0.15) is 0 Å². The summed E-state index contributed by atoms with van der Waals surface area (Å²) in [6.07, 6.45) is 0.930. The lowest BCUT2D eigenvalue weighted by Gasteiger charge is -2.11. The first-order valence-corrected chi connectivity index (χ1v) is 9.75. The molecule has 0 aliphatic heterocycles. The number of hydrogen-bond donors (Lipinski definition) is 1. The van der Waals surface area contributed by atoms with E-state index in [2.05, 4.69) is 18.3 Å². The summed E-state index contributed by atoms with van der Waals surface area (Å²) in [5, 5.41) is 11.7. The van der Waals surface area contributed by atoms with Crippen LogP contribution < -0.4 is 0 Å². The van der Waals surface area contributed by atoms with Crippen molar-refractivity contribution in [3.63, 3.8) is 0 Å². The van der Waals surface area contributed by atoms with Crippen molar-refractivity contribution in [3.8, 4) is 0 Å². The van der Waals surface area contributed by atoms with E-state index in [9.17, 15) is 22.4 Å². The van der Waals surface area contributed by atoms with Crippen LogP contribution in [0, 0.1) is 11.6 Å². The summed E-state index contributed by atoms with van der Waals surface area (Å²) in [5.74, 6) is -1.65. The minimum atomic E-state index is -0.823. The number of ketones is 1. The van der Waals surface area contributed by atoms with E-state index in [-0.39, 0.29) is 30.1 Å². The van der Waals surface area contributed by atoms with Gasteiger partial charge >= 0.3 is 0 Å². The second kappa shape index (κ2) is 15.5. The molecule has 0 heterocycles. The van der Waals surface area contributed by atoms with Crippen LogP contribution in [0.3, 0.4) is 0 Å². The van der Waals surface area contributed by atoms with Crippen molar-refractivity contribution >= 4 is 11.5 Å². The average Bonchev–Trinajstić information content (AvgIpc) is 2.84. The van der Waals surface area contributed by atoms with Crippen molar-refractivity contribution in [1.82, 2.24) is 0 Å². The van der Waals surface area contributed by atoms with Gasteiger partial charge in [-0.05, 0) is 24.3 Å². The summed E-state index contributed by atoms with van der Waals surface area (Å²) in [6.45, 7) is 4.69. The zero-order valence-corrected chi connectivity index (χ0v) is 17.8. The lowest BCUT2D eigenvalue weighted by molar-refractivity contribution is 0.0534. The van der Waals surface area contributed by atoms with E-state index in [0.29, 0.717) is 0 Å². The molecule has 0 bridgehead atoms. The Morgan fingerprint density at radius 3 is 1.76 bits per heavy atom.